The summed E-state index contributed by atoms with van der Waals surface area (Å²) in [4.78, 5) is 33.7. The third-order valence-corrected chi connectivity index (χ3v) is 7.67. The van der Waals surface area contributed by atoms with Crippen molar-refractivity contribution in [3.8, 4) is 0 Å². The lowest BCUT2D eigenvalue weighted by Gasteiger charge is -2.21. The minimum atomic E-state index is -0.189. The third kappa shape index (κ3) is 6.08. The van der Waals surface area contributed by atoms with Crippen molar-refractivity contribution in [3.05, 3.63) is 44.7 Å². The standard InChI is InChI=1S/C26H36N4O2S2/c1-5-8-10-14-27-22-20(24(31)29-15-11-12-18(4)23(29)28-22)16-21-25(32)30(26(33)34-21)17-19(7-3)13-9-6-2/h11-12,15-16,19,27H,5-10,13-14,17H2,1-4H3. The van der Waals surface area contributed by atoms with E-state index < -0.39 is 0 Å². The highest BCUT2D eigenvalue weighted by Gasteiger charge is 2.33. The second kappa shape index (κ2) is 12.5. The van der Waals surface area contributed by atoms with Gasteiger partial charge in [-0.3, -0.25) is 18.9 Å². The summed E-state index contributed by atoms with van der Waals surface area (Å²) in [5, 5.41) is 3.35. The molecule has 0 aromatic carbocycles. The lowest BCUT2D eigenvalue weighted by Crippen LogP contribution is -2.33. The van der Waals surface area contributed by atoms with Crippen LogP contribution in [0.1, 0.15) is 76.8 Å². The van der Waals surface area contributed by atoms with E-state index in [1.54, 1.807) is 21.6 Å². The molecule has 1 atom stereocenters. The molecular weight excluding hydrogens is 464 g/mol. The summed E-state index contributed by atoms with van der Waals surface area (Å²) >= 11 is 6.84. The zero-order valence-corrected chi connectivity index (χ0v) is 22.4. The number of carbonyl (C=O) groups excluding carboxylic acids is 1. The highest BCUT2D eigenvalue weighted by atomic mass is 32.2. The van der Waals surface area contributed by atoms with Gasteiger partial charge in [0.25, 0.3) is 11.5 Å². The van der Waals surface area contributed by atoms with Crippen LogP contribution in [0.15, 0.2) is 28.0 Å². The first-order chi connectivity index (χ1) is 16.4. The van der Waals surface area contributed by atoms with E-state index >= 15 is 0 Å². The summed E-state index contributed by atoms with van der Waals surface area (Å²) in [5.41, 5.74) is 1.76. The van der Waals surface area contributed by atoms with Gasteiger partial charge in [0.15, 0.2) is 0 Å². The lowest BCUT2D eigenvalue weighted by atomic mass is 9.99. The predicted octanol–water partition coefficient (Wildman–Crippen LogP) is 6.02. The fourth-order valence-corrected chi connectivity index (χ4v) is 5.38. The highest BCUT2D eigenvalue weighted by Crippen LogP contribution is 2.34. The van der Waals surface area contributed by atoms with Crippen molar-refractivity contribution in [2.75, 3.05) is 18.4 Å². The van der Waals surface area contributed by atoms with E-state index in [1.807, 2.05) is 19.1 Å². The number of aromatic nitrogens is 2. The van der Waals surface area contributed by atoms with E-state index in [0.29, 0.717) is 38.7 Å². The van der Waals surface area contributed by atoms with Crippen LogP contribution in [0.4, 0.5) is 5.82 Å². The number of thiocarbonyl (C=S) groups is 1. The number of nitrogens with one attached hydrogen (secondary N) is 1. The van der Waals surface area contributed by atoms with Crippen molar-refractivity contribution in [2.24, 2.45) is 5.92 Å². The number of unbranched alkanes of at least 4 members (excludes halogenated alkanes) is 3. The molecule has 6 nitrogen and oxygen atoms in total. The fraction of sp³-hybridized carbons (Fsp3) is 0.538. The van der Waals surface area contributed by atoms with E-state index in [1.165, 1.54) is 11.8 Å². The molecule has 34 heavy (non-hydrogen) atoms. The van der Waals surface area contributed by atoms with Crippen molar-refractivity contribution in [2.45, 2.75) is 72.6 Å². The van der Waals surface area contributed by atoms with Gasteiger partial charge < -0.3 is 5.32 Å². The Labute approximate surface area is 212 Å². The highest BCUT2D eigenvalue weighted by molar-refractivity contribution is 8.26. The number of rotatable bonds is 12. The van der Waals surface area contributed by atoms with Gasteiger partial charge >= 0.3 is 0 Å². The monoisotopic (exact) mass is 500 g/mol. The number of hydrogen-bond donors (Lipinski definition) is 1. The SMILES string of the molecule is CCCCCNc1nc2c(C)cccn2c(=O)c1C=C1SC(=S)N(CC(CC)CCCC)C1=O. The van der Waals surface area contributed by atoms with Gasteiger partial charge in [0, 0.05) is 19.3 Å². The zero-order chi connectivity index (χ0) is 24.7. The number of carbonyl (C=O) groups is 1. The Kier molecular flexibility index (Phi) is 9.71. The molecule has 3 heterocycles. The molecule has 2 aromatic rings. The molecule has 1 saturated heterocycles. The van der Waals surface area contributed by atoms with Crippen LogP contribution in [0.5, 0.6) is 0 Å². The maximum Gasteiger partial charge on any atom is 0.267 e. The molecule has 2 aromatic heterocycles. The third-order valence-electron chi connectivity index (χ3n) is 6.29. The van der Waals surface area contributed by atoms with Crippen molar-refractivity contribution in [1.82, 2.24) is 14.3 Å². The van der Waals surface area contributed by atoms with Gasteiger partial charge in [0.2, 0.25) is 0 Å². The van der Waals surface area contributed by atoms with Crippen LogP contribution < -0.4 is 10.9 Å². The van der Waals surface area contributed by atoms with Crippen LogP contribution in [0.25, 0.3) is 11.7 Å². The van der Waals surface area contributed by atoms with E-state index in [-0.39, 0.29) is 11.5 Å². The molecule has 0 saturated carbocycles. The number of anilines is 1. The Morgan fingerprint density at radius 3 is 2.65 bits per heavy atom. The Bertz CT molecular complexity index is 1130. The van der Waals surface area contributed by atoms with Gasteiger partial charge in [0.1, 0.15) is 15.8 Å². The topological polar surface area (TPSA) is 66.7 Å². The van der Waals surface area contributed by atoms with Crippen molar-refractivity contribution < 1.29 is 4.79 Å². The molecule has 0 bridgehead atoms. The van der Waals surface area contributed by atoms with Crippen molar-refractivity contribution in [3.63, 3.8) is 0 Å². The van der Waals surface area contributed by atoms with Crippen LogP contribution in [-0.4, -0.2) is 37.6 Å². The molecule has 0 spiro atoms. The van der Waals surface area contributed by atoms with Gasteiger partial charge in [-0.2, -0.15) is 0 Å². The molecule has 8 heteroatoms. The van der Waals surface area contributed by atoms with Crippen LogP contribution in [-0.2, 0) is 4.79 Å². The smallest absolute Gasteiger partial charge is 0.267 e. The average molecular weight is 501 g/mol. The second-order valence-corrected chi connectivity index (χ2v) is 10.6. The van der Waals surface area contributed by atoms with Crippen molar-refractivity contribution in [1.29, 1.82) is 0 Å². The van der Waals surface area contributed by atoms with Gasteiger partial charge in [-0.25, -0.2) is 4.98 Å². The molecule has 1 aliphatic heterocycles. The number of fused-ring (bicyclic) bond motifs is 1. The minimum Gasteiger partial charge on any atom is -0.369 e. The summed E-state index contributed by atoms with van der Waals surface area (Å²) < 4.78 is 2.12. The first-order valence-electron chi connectivity index (χ1n) is 12.4. The van der Waals surface area contributed by atoms with E-state index in [4.69, 9.17) is 17.2 Å². The van der Waals surface area contributed by atoms with E-state index in [2.05, 4.69) is 26.1 Å². The summed E-state index contributed by atoms with van der Waals surface area (Å²) in [6.45, 7) is 9.79. The van der Waals surface area contributed by atoms with Crippen LogP contribution in [0, 0.1) is 12.8 Å². The summed E-state index contributed by atoms with van der Waals surface area (Å²) in [7, 11) is 0. The Morgan fingerprint density at radius 1 is 1.18 bits per heavy atom. The quantitative estimate of drug-likeness (QED) is 0.218. The molecule has 1 N–H and O–H groups in total. The second-order valence-electron chi connectivity index (χ2n) is 8.91. The van der Waals surface area contributed by atoms with Crippen molar-refractivity contribution >= 4 is 51.7 Å². The number of hydrogen-bond acceptors (Lipinski definition) is 6. The molecule has 0 aliphatic carbocycles. The fourth-order valence-electron chi connectivity index (χ4n) is 4.12. The summed E-state index contributed by atoms with van der Waals surface area (Å²) in [5.74, 6) is 0.833. The average Bonchev–Trinajstić information content (AvgIpc) is 3.09. The van der Waals surface area contributed by atoms with Gasteiger partial charge in [-0.05, 0) is 43.4 Å². The Morgan fingerprint density at radius 2 is 1.94 bits per heavy atom. The number of thioether (sulfide) groups is 1. The zero-order valence-electron chi connectivity index (χ0n) is 20.7. The van der Waals surface area contributed by atoms with Gasteiger partial charge in [-0.1, -0.05) is 82.9 Å². The molecule has 1 unspecified atom stereocenters. The Hall–Kier alpha value is -2.19. The summed E-state index contributed by atoms with van der Waals surface area (Å²) in [6.07, 6.45) is 11.0. The number of amides is 1. The van der Waals surface area contributed by atoms with Crippen LogP contribution >= 0.6 is 24.0 Å². The van der Waals surface area contributed by atoms with E-state index in [9.17, 15) is 9.59 Å². The predicted molar refractivity (Wildman–Crippen MR) is 147 cm³/mol. The number of aryl methyl sites for hydroxylation is 1. The van der Waals surface area contributed by atoms with E-state index in [0.717, 1.165) is 57.1 Å². The molecule has 1 aliphatic rings. The maximum atomic E-state index is 13.5. The largest absolute Gasteiger partial charge is 0.369 e. The van der Waals surface area contributed by atoms with Crippen LogP contribution in [0.2, 0.25) is 0 Å². The molecule has 1 fully saturated rings. The molecule has 184 valence electrons. The van der Waals surface area contributed by atoms with Crippen LogP contribution in [0.3, 0.4) is 0 Å². The molecule has 3 rings (SSSR count). The maximum absolute atomic E-state index is 13.5. The molecular formula is C26H36N4O2S2. The molecule has 0 radical (unpaired) electrons. The first-order valence-corrected chi connectivity index (χ1v) is 13.6. The Balaban J connectivity index is 1.96. The number of pyridine rings is 1. The first kappa shape index (κ1) is 26.4. The summed E-state index contributed by atoms with van der Waals surface area (Å²) in [6, 6.07) is 3.78. The van der Waals surface area contributed by atoms with Gasteiger partial charge in [-0.15, -0.1) is 0 Å². The normalized spacial score (nSPS) is 16.1. The minimum absolute atomic E-state index is 0.115. The number of nitrogens with zero attached hydrogens (tertiary/aromatic N) is 3. The lowest BCUT2D eigenvalue weighted by molar-refractivity contribution is -0.122. The van der Waals surface area contributed by atoms with Gasteiger partial charge in [0.05, 0.1) is 10.5 Å². The molecule has 1 amide bonds.